The first-order chi connectivity index (χ1) is 4.85. The van der Waals surface area contributed by atoms with Crippen LogP contribution in [0.25, 0.3) is 0 Å². The lowest BCUT2D eigenvalue weighted by Gasteiger charge is -2.28. The minimum atomic E-state index is -0.330. The first-order valence-electron chi connectivity index (χ1n) is 3.71. The van der Waals surface area contributed by atoms with Crippen LogP contribution in [0.15, 0.2) is 0 Å². The molecule has 2 atom stereocenters. The molecule has 2 unspecified atom stereocenters. The number of ether oxygens (including phenoxy) is 2. The van der Waals surface area contributed by atoms with Crippen LogP contribution < -0.4 is 0 Å². The van der Waals surface area contributed by atoms with Crippen molar-refractivity contribution in [1.29, 1.82) is 0 Å². The lowest BCUT2D eigenvalue weighted by Crippen LogP contribution is -2.40. The quantitative estimate of drug-likeness (QED) is 0.559. The molecule has 58 valence electrons. The molecule has 0 aromatic rings. The van der Waals surface area contributed by atoms with Crippen molar-refractivity contribution in [3.05, 3.63) is 0 Å². The topological polar surface area (TPSA) is 38.7 Å². The molecule has 2 aliphatic heterocycles. The molecule has 3 nitrogen and oxygen atoms in total. The van der Waals surface area contributed by atoms with Crippen molar-refractivity contribution in [2.24, 2.45) is 0 Å². The predicted octanol–water partition coefficient (Wildman–Crippen LogP) is -0.0733. The van der Waals surface area contributed by atoms with Gasteiger partial charge < -0.3 is 14.6 Å². The summed E-state index contributed by atoms with van der Waals surface area (Å²) in [5.41, 5.74) is -0.330. The molecule has 2 heterocycles. The van der Waals surface area contributed by atoms with Gasteiger partial charge in [0.2, 0.25) is 0 Å². The Morgan fingerprint density at radius 3 is 3.20 bits per heavy atom. The fraction of sp³-hybridized carbons (Fsp3) is 1.00. The van der Waals surface area contributed by atoms with Crippen molar-refractivity contribution >= 4 is 0 Å². The highest BCUT2D eigenvalue weighted by Crippen LogP contribution is 2.33. The standard InChI is InChI=1S/C7H12O3/c8-4-7-3-6(9-5-7)1-2-10-7/h6,8H,1-5H2. The van der Waals surface area contributed by atoms with Crippen LogP contribution in [-0.2, 0) is 9.47 Å². The number of fused-ring (bicyclic) bond motifs is 2. The predicted molar refractivity (Wildman–Crippen MR) is 34.7 cm³/mol. The summed E-state index contributed by atoms with van der Waals surface area (Å²) < 4.78 is 10.8. The summed E-state index contributed by atoms with van der Waals surface area (Å²) in [4.78, 5) is 0. The maximum atomic E-state index is 8.96. The van der Waals surface area contributed by atoms with E-state index in [1.165, 1.54) is 0 Å². The Kier molecular flexibility index (Phi) is 1.44. The zero-order valence-corrected chi connectivity index (χ0v) is 5.88. The van der Waals surface area contributed by atoms with Gasteiger partial charge in [-0.3, -0.25) is 0 Å². The molecule has 2 saturated heterocycles. The second kappa shape index (κ2) is 2.19. The Labute approximate surface area is 59.9 Å². The normalized spacial score (nSPS) is 45.9. The van der Waals surface area contributed by atoms with Gasteiger partial charge in [0.25, 0.3) is 0 Å². The van der Waals surface area contributed by atoms with Crippen LogP contribution in [0.1, 0.15) is 12.8 Å². The summed E-state index contributed by atoms with van der Waals surface area (Å²) >= 11 is 0. The lowest BCUT2D eigenvalue weighted by atomic mass is 9.97. The summed E-state index contributed by atoms with van der Waals surface area (Å²) in [5.74, 6) is 0. The van der Waals surface area contributed by atoms with E-state index in [0.29, 0.717) is 12.7 Å². The molecule has 2 rings (SSSR count). The zero-order valence-electron chi connectivity index (χ0n) is 5.88. The third kappa shape index (κ3) is 0.856. The second-order valence-electron chi connectivity index (χ2n) is 3.12. The average Bonchev–Trinajstić information content (AvgIpc) is 2.29. The average molecular weight is 144 g/mol. The summed E-state index contributed by atoms with van der Waals surface area (Å²) in [6.07, 6.45) is 2.21. The lowest BCUT2D eigenvalue weighted by molar-refractivity contribution is -0.0837. The Hall–Kier alpha value is -0.120. The zero-order chi connectivity index (χ0) is 7.03. The van der Waals surface area contributed by atoms with Gasteiger partial charge in [-0.15, -0.1) is 0 Å². The van der Waals surface area contributed by atoms with Gasteiger partial charge in [0.1, 0.15) is 5.60 Å². The minimum absolute atomic E-state index is 0.101. The highest BCUT2D eigenvalue weighted by Gasteiger charge is 2.43. The number of hydrogen-bond acceptors (Lipinski definition) is 3. The molecule has 3 heteroatoms. The van der Waals surface area contributed by atoms with Gasteiger partial charge in [-0.1, -0.05) is 0 Å². The van der Waals surface area contributed by atoms with Crippen LogP contribution in [0.5, 0.6) is 0 Å². The number of hydrogen-bond donors (Lipinski definition) is 1. The van der Waals surface area contributed by atoms with Gasteiger partial charge in [0.15, 0.2) is 0 Å². The summed E-state index contributed by atoms with van der Waals surface area (Å²) in [6, 6.07) is 0. The fourth-order valence-electron chi connectivity index (χ4n) is 1.65. The smallest absolute Gasteiger partial charge is 0.117 e. The van der Waals surface area contributed by atoms with E-state index in [0.717, 1.165) is 19.4 Å². The Bertz CT molecular complexity index is 133. The monoisotopic (exact) mass is 144 g/mol. The molecular formula is C7H12O3. The summed E-state index contributed by atoms with van der Waals surface area (Å²) in [6.45, 7) is 1.42. The van der Waals surface area contributed by atoms with Gasteiger partial charge in [-0.2, -0.15) is 0 Å². The second-order valence-corrected chi connectivity index (χ2v) is 3.12. The van der Waals surface area contributed by atoms with E-state index >= 15 is 0 Å². The minimum Gasteiger partial charge on any atom is -0.393 e. The SMILES string of the molecule is OCC12COC(CCO1)C2. The maximum absolute atomic E-state index is 8.96. The van der Waals surface area contributed by atoms with Crippen molar-refractivity contribution in [2.45, 2.75) is 24.5 Å². The first kappa shape index (κ1) is 6.58. The van der Waals surface area contributed by atoms with Crippen molar-refractivity contribution < 1.29 is 14.6 Å². The van der Waals surface area contributed by atoms with Crippen LogP contribution in [0, 0.1) is 0 Å². The van der Waals surface area contributed by atoms with E-state index in [2.05, 4.69) is 0 Å². The molecule has 10 heavy (non-hydrogen) atoms. The van der Waals surface area contributed by atoms with E-state index in [4.69, 9.17) is 14.6 Å². The van der Waals surface area contributed by atoms with Crippen LogP contribution in [0.2, 0.25) is 0 Å². The first-order valence-corrected chi connectivity index (χ1v) is 3.71. The van der Waals surface area contributed by atoms with Gasteiger partial charge in [0, 0.05) is 6.42 Å². The van der Waals surface area contributed by atoms with Gasteiger partial charge in [-0.05, 0) is 6.42 Å². The fourth-order valence-corrected chi connectivity index (χ4v) is 1.65. The highest BCUT2D eigenvalue weighted by molar-refractivity contribution is 4.92. The molecule has 0 aromatic heterocycles. The Balaban J connectivity index is 2.10. The molecule has 0 amide bonds. The van der Waals surface area contributed by atoms with Crippen molar-refractivity contribution in [3.63, 3.8) is 0 Å². The highest BCUT2D eigenvalue weighted by atomic mass is 16.6. The third-order valence-corrected chi connectivity index (χ3v) is 2.32. The molecular weight excluding hydrogens is 132 g/mol. The number of aliphatic hydroxyl groups excluding tert-OH is 1. The van der Waals surface area contributed by atoms with Crippen LogP contribution >= 0.6 is 0 Å². The van der Waals surface area contributed by atoms with Crippen molar-refractivity contribution in [3.8, 4) is 0 Å². The van der Waals surface area contributed by atoms with Crippen LogP contribution in [-0.4, -0.2) is 36.6 Å². The van der Waals surface area contributed by atoms with E-state index in [1.54, 1.807) is 0 Å². The van der Waals surface area contributed by atoms with E-state index in [1.807, 2.05) is 0 Å². The van der Waals surface area contributed by atoms with Crippen molar-refractivity contribution in [2.75, 3.05) is 19.8 Å². The summed E-state index contributed by atoms with van der Waals surface area (Å²) in [5, 5.41) is 8.96. The molecule has 2 fully saturated rings. The molecule has 2 aliphatic rings. The molecule has 0 spiro atoms. The molecule has 2 bridgehead atoms. The van der Waals surface area contributed by atoms with E-state index < -0.39 is 0 Å². The molecule has 1 N–H and O–H groups in total. The van der Waals surface area contributed by atoms with Gasteiger partial charge in [-0.25, -0.2) is 0 Å². The van der Waals surface area contributed by atoms with Gasteiger partial charge >= 0.3 is 0 Å². The van der Waals surface area contributed by atoms with E-state index in [9.17, 15) is 0 Å². The molecule has 0 radical (unpaired) electrons. The molecule has 0 aliphatic carbocycles. The van der Waals surface area contributed by atoms with Crippen molar-refractivity contribution in [1.82, 2.24) is 0 Å². The van der Waals surface area contributed by atoms with Gasteiger partial charge in [0.05, 0.1) is 25.9 Å². The molecule has 0 saturated carbocycles. The number of aliphatic hydroxyl groups is 1. The van der Waals surface area contributed by atoms with E-state index in [-0.39, 0.29) is 12.2 Å². The molecule has 0 aromatic carbocycles. The largest absolute Gasteiger partial charge is 0.393 e. The van der Waals surface area contributed by atoms with Crippen LogP contribution in [0.3, 0.4) is 0 Å². The Morgan fingerprint density at radius 1 is 1.60 bits per heavy atom. The number of rotatable bonds is 1. The third-order valence-electron chi connectivity index (χ3n) is 2.32. The summed E-state index contributed by atoms with van der Waals surface area (Å²) in [7, 11) is 0. The Morgan fingerprint density at radius 2 is 2.50 bits per heavy atom. The maximum Gasteiger partial charge on any atom is 0.117 e. The van der Waals surface area contributed by atoms with Crippen LogP contribution in [0.4, 0.5) is 0 Å².